The van der Waals surface area contributed by atoms with E-state index in [1.807, 2.05) is 35.2 Å². The van der Waals surface area contributed by atoms with Crippen molar-refractivity contribution in [3.8, 4) is 5.69 Å². The van der Waals surface area contributed by atoms with E-state index in [0.717, 1.165) is 5.69 Å². The highest BCUT2D eigenvalue weighted by Gasteiger charge is 2.28. The number of piperazine rings is 1. The zero-order valence-electron chi connectivity index (χ0n) is 18.0. The van der Waals surface area contributed by atoms with Crippen molar-refractivity contribution in [1.82, 2.24) is 29.6 Å². The van der Waals surface area contributed by atoms with Crippen molar-refractivity contribution in [3.05, 3.63) is 59.1 Å². The van der Waals surface area contributed by atoms with Crippen LogP contribution in [0.15, 0.2) is 53.4 Å². The van der Waals surface area contributed by atoms with Crippen LogP contribution in [-0.4, -0.2) is 84.2 Å². The van der Waals surface area contributed by atoms with Crippen LogP contribution in [0.4, 0.5) is 5.95 Å². The number of anilines is 1. The first-order valence-electron chi connectivity index (χ1n) is 10.0. The third-order valence-corrected chi connectivity index (χ3v) is 7.52. The molecule has 0 N–H and O–H groups in total. The fourth-order valence-electron chi connectivity index (χ4n) is 3.48. The molecule has 0 radical (unpaired) electrons. The Hall–Kier alpha value is -3.06. The maximum atomic E-state index is 13.1. The van der Waals surface area contributed by atoms with Gasteiger partial charge in [-0.1, -0.05) is 39.4 Å². The Bertz CT molecular complexity index is 1240. The van der Waals surface area contributed by atoms with Gasteiger partial charge in [0.15, 0.2) is 0 Å². The van der Waals surface area contributed by atoms with Gasteiger partial charge in [0, 0.05) is 38.8 Å². The molecule has 174 valence electrons. The number of hydrogen-bond donors (Lipinski definition) is 0. The van der Waals surface area contributed by atoms with Gasteiger partial charge in [-0.3, -0.25) is 9.63 Å². The van der Waals surface area contributed by atoms with Gasteiger partial charge in [-0.2, -0.15) is 4.68 Å². The van der Waals surface area contributed by atoms with Gasteiger partial charge >= 0.3 is 0 Å². The quantitative estimate of drug-likeness (QED) is 0.476. The molecule has 0 unspecified atom stereocenters. The summed E-state index contributed by atoms with van der Waals surface area (Å²) in [5, 5.41) is 12.0. The number of amides is 1. The highest BCUT2D eigenvalue weighted by molar-refractivity contribution is 7.89. The van der Waals surface area contributed by atoms with Crippen molar-refractivity contribution < 1.29 is 18.0 Å². The molecule has 1 aliphatic heterocycles. The molecule has 2 aromatic carbocycles. The zero-order chi connectivity index (χ0) is 23.6. The Labute approximate surface area is 196 Å². The first-order chi connectivity index (χ1) is 15.8. The summed E-state index contributed by atoms with van der Waals surface area (Å²) in [4.78, 5) is 21.4. The molecule has 0 spiro atoms. The van der Waals surface area contributed by atoms with Gasteiger partial charge in [0.1, 0.15) is 4.90 Å². The standard InChI is InChI=1S/C20H22ClN7O4S/c1-25(32-2)33(30,31)18-14-15(8-9-17(18)21)19(29)26-10-12-27(13-11-26)20-22-23-24-28(20)16-6-4-3-5-7-16/h3-9,14H,10-13H2,1-2H3. The lowest BCUT2D eigenvalue weighted by atomic mass is 10.2. The van der Waals surface area contributed by atoms with Crippen molar-refractivity contribution >= 4 is 33.5 Å². The van der Waals surface area contributed by atoms with Crippen molar-refractivity contribution in [2.24, 2.45) is 0 Å². The molecule has 1 aliphatic rings. The van der Waals surface area contributed by atoms with Crippen LogP contribution in [-0.2, 0) is 14.9 Å². The average Bonchev–Trinajstić information content (AvgIpc) is 3.34. The number of carbonyl (C=O) groups is 1. The molecule has 1 aromatic heterocycles. The maximum absolute atomic E-state index is 13.1. The smallest absolute Gasteiger partial charge is 0.266 e. The number of sulfonamides is 1. The summed E-state index contributed by atoms with van der Waals surface area (Å²) in [7, 11) is -1.52. The number of aromatic nitrogens is 4. The SMILES string of the molecule is CON(C)S(=O)(=O)c1cc(C(=O)N2CCN(c3nnnn3-c3ccccc3)CC2)ccc1Cl. The summed E-state index contributed by atoms with van der Waals surface area (Å²) in [6, 6.07) is 13.7. The van der Waals surface area contributed by atoms with E-state index in [0.29, 0.717) is 36.6 Å². The lowest BCUT2D eigenvalue weighted by molar-refractivity contribution is -0.0258. The van der Waals surface area contributed by atoms with Gasteiger partial charge in [-0.05, 0) is 40.8 Å². The van der Waals surface area contributed by atoms with E-state index < -0.39 is 10.0 Å². The number of tetrazole rings is 1. The topological polar surface area (TPSA) is 114 Å². The highest BCUT2D eigenvalue weighted by atomic mass is 35.5. The molecule has 1 amide bonds. The number of hydroxylamine groups is 1. The lowest BCUT2D eigenvalue weighted by Crippen LogP contribution is -2.49. The Kier molecular flexibility index (Phi) is 6.61. The van der Waals surface area contributed by atoms with Gasteiger partial charge in [-0.25, -0.2) is 8.42 Å². The molecule has 11 nitrogen and oxygen atoms in total. The van der Waals surface area contributed by atoms with E-state index in [-0.39, 0.29) is 21.4 Å². The van der Waals surface area contributed by atoms with Crippen LogP contribution in [0.2, 0.25) is 5.02 Å². The molecule has 33 heavy (non-hydrogen) atoms. The first kappa shape index (κ1) is 23.1. The summed E-state index contributed by atoms with van der Waals surface area (Å²) in [6.45, 7) is 1.88. The molecule has 0 bridgehead atoms. The van der Waals surface area contributed by atoms with Crippen LogP contribution in [0, 0.1) is 0 Å². The number of carbonyl (C=O) groups excluding carboxylic acids is 1. The van der Waals surface area contributed by atoms with E-state index in [2.05, 4.69) is 15.5 Å². The minimum Gasteiger partial charge on any atom is -0.336 e. The largest absolute Gasteiger partial charge is 0.336 e. The molecule has 2 heterocycles. The predicted octanol–water partition coefficient (Wildman–Crippen LogP) is 1.46. The van der Waals surface area contributed by atoms with Gasteiger partial charge in [0.25, 0.3) is 15.9 Å². The summed E-state index contributed by atoms with van der Waals surface area (Å²) in [5.74, 6) is 0.307. The molecular weight excluding hydrogens is 470 g/mol. The lowest BCUT2D eigenvalue weighted by Gasteiger charge is -2.35. The molecule has 1 fully saturated rings. The van der Waals surface area contributed by atoms with Crippen LogP contribution < -0.4 is 4.90 Å². The van der Waals surface area contributed by atoms with Crippen LogP contribution >= 0.6 is 11.6 Å². The number of nitrogens with zero attached hydrogens (tertiary/aromatic N) is 7. The Morgan fingerprint density at radius 3 is 2.45 bits per heavy atom. The van der Waals surface area contributed by atoms with Crippen LogP contribution in [0.5, 0.6) is 0 Å². The molecule has 3 aromatic rings. The van der Waals surface area contributed by atoms with Crippen molar-refractivity contribution in [2.75, 3.05) is 45.2 Å². The Morgan fingerprint density at radius 1 is 1.09 bits per heavy atom. The van der Waals surface area contributed by atoms with E-state index in [4.69, 9.17) is 16.4 Å². The summed E-state index contributed by atoms with van der Waals surface area (Å²) in [6.07, 6.45) is 0. The highest BCUT2D eigenvalue weighted by Crippen LogP contribution is 2.26. The van der Waals surface area contributed by atoms with Crippen LogP contribution in [0.1, 0.15) is 10.4 Å². The Morgan fingerprint density at radius 2 is 1.79 bits per heavy atom. The van der Waals surface area contributed by atoms with E-state index in [9.17, 15) is 13.2 Å². The predicted molar refractivity (Wildman–Crippen MR) is 121 cm³/mol. The van der Waals surface area contributed by atoms with Crippen LogP contribution in [0.25, 0.3) is 5.69 Å². The summed E-state index contributed by atoms with van der Waals surface area (Å²) >= 11 is 6.10. The second kappa shape index (κ2) is 9.43. The molecular formula is C20H22ClN7O4S. The number of hydrogen-bond acceptors (Lipinski definition) is 8. The average molecular weight is 492 g/mol. The van der Waals surface area contributed by atoms with Gasteiger partial charge in [0.05, 0.1) is 17.8 Å². The number of halogens is 1. The third-order valence-electron chi connectivity index (χ3n) is 5.36. The molecule has 13 heteroatoms. The van der Waals surface area contributed by atoms with Crippen LogP contribution in [0.3, 0.4) is 0 Å². The zero-order valence-corrected chi connectivity index (χ0v) is 19.6. The summed E-state index contributed by atoms with van der Waals surface area (Å²) < 4.78 is 27.6. The first-order valence-corrected chi connectivity index (χ1v) is 11.9. The fraction of sp³-hybridized carbons (Fsp3) is 0.300. The molecule has 4 rings (SSSR count). The van der Waals surface area contributed by atoms with Crippen molar-refractivity contribution in [1.29, 1.82) is 0 Å². The minimum absolute atomic E-state index is 0.00742. The maximum Gasteiger partial charge on any atom is 0.266 e. The minimum atomic E-state index is -4.00. The number of para-hydroxylation sites is 1. The third kappa shape index (κ3) is 4.55. The monoisotopic (exact) mass is 491 g/mol. The molecule has 0 saturated carbocycles. The molecule has 1 saturated heterocycles. The Balaban J connectivity index is 1.49. The molecule has 0 atom stereocenters. The van der Waals surface area contributed by atoms with Gasteiger partial charge < -0.3 is 9.80 Å². The number of benzene rings is 2. The normalized spacial score (nSPS) is 14.7. The van der Waals surface area contributed by atoms with Crippen molar-refractivity contribution in [2.45, 2.75) is 4.90 Å². The second-order valence-corrected chi connectivity index (χ2v) is 9.56. The number of rotatable bonds is 6. The summed E-state index contributed by atoms with van der Waals surface area (Å²) in [5.41, 5.74) is 1.07. The van der Waals surface area contributed by atoms with E-state index in [1.165, 1.54) is 32.4 Å². The van der Waals surface area contributed by atoms with Gasteiger partial charge in [0.2, 0.25) is 5.95 Å². The molecule has 0 aliphatic carbocycles. The van der Waals surface area contributed by atoms with E-state index >= 15 is 0 Å². The fourth-order valence-corrected chi connectivity index (χ4v) is 4.95. The van der Waals surface area contributed by atoms with Crippen molar-refractivity contribution in [3.63, 3.8) is 0 Å². The van der Waals surface area contributed by atoms with Gasteiger partial charge in [-0.15, -0.1) is 0 Å². The second-order valence-electron chi connectivity index (χ2n) is 7.25. The van der Waals surface area contributed by atoms with E-state index in [1.54, 1.807) is 9.58 Å².